The Hall–Kier alpha value is -3.94. The van der Waals surface area contributed by atoms with Crippen molar-refractivity contribution in [3.05, 3.63) is 105 Å². The van der Waals surface area contributed by atoms with Crippen molar-refractivity contribution in [3.63, 3.8) is 0 Å². The second kappa shape index (κ2) is 10.4. The third-order valence-electron chi connectivity index (χ3n) is 4.36. The van der Waals surface area contributed by atoms with Crippen LogP contribution in [0.15, 0.2) is 54.6 Å². The lowest BCUT2D eigenvalue weighted by Gasteiger charge is -2.06. The first kappa shape index (κ1) is 24.3. The SMILES string of the molecule is Cc1ccc(C(=O)OC(=O)c2cc(F)ccc2C)cc1F.Cc1ccc(F)c(C(=O)O)c1. The summed E-state index contributed by atoms with van der Waals surface area (Å²) in [4.78, 5) is 34.0. The number of hydrogen-bond donors (Lipinski definition) is 1. The van der Waals surface area contributed by atoms with Crippen LogP contribution in [-0.4, -0.2) is 23.0 Å². The predicted octanol–water partition coefficient (Wildman–Crippen LogP) is 5.41. The van der Waals surface area contributed by atoms with E-state index in [2.05, 4.69) is 4.74 Å². The molecule has 0 saturated carbocycles. The minimum atomic E-state index is -1.23. The van der Waals surface area contributed by atoms with Crippen LogP contribution in [0.2, 0.25) is 0 Å². The molecule has 1 N–H and O–H groups in total. The van der Waals surface area contributed by atoms with Crippen LogP contribution in [0.25, 0.3) is 0 Å². The van der Waals surface area contributed by atoms with Crippen molar-refractivity contribution >= 4 is 17.9 Å². The lowest BCUT2D eigenvalue weighted by Crippen LogP contribution is -2.14. The zero-order valence-electron chi connectivity index (χ0n) is 17.4. The third-order valence-corrected chi connectivity index (χ3v) is 4.36. The van der Waals surface area contributed by atoms with Crippen molar-refractivity contribution in [3.8, 4) is 0 Å². The summed E-state index contributed by atoms with van der Waals surface area (Å²) in [6.45, 7) is 4.85. The highest BCUT2D eigenvalue weighted by Gasteiger charge is 2.18. The summed E-state index contributed by atoms with van der Waals surface area (Å²) in [6, 6.07) is 11.3. The van der Waals surface area contributed by atoms with Crippen LogP contribution in [0.3, 0.4) is 0 Å². The molecular weight excluding hydrogens is 425 g/mol. The number of hydrogen-bond acceptors (Lipinski definition) is 4. The van der Waals surface area contributed by atoms with Gasteiger partial charge in [0, 0.05) is 0 Å². The van der Waals surface area contributed by atoms with E-state index in [0.29, 0.717) is 11.1 Å². The summed E-state index contributed by atoms with van der Waals surface area (Å²) in [5, 5.41) is 8.45. The van der Waals surface area contributed by atoms with Crippen molar-refractivity contribution in [2.24, 2.45) is 0 Å². The highest BCUT2D eigenvalue weighted by molar-refractivity contribution is 6.03. The van der Waals surface area contributed by atoms with E-state index in [9.17, 15) is 27.6 Å². The maximum atomic E-state index is 13.4. The molecule has 0 unspecified atom stereocenters. The number of aryl methyl sites for hydroxylation is 3. The molecule has 0 heterocycles. The number of carbonyl (C=O) groups excluding carboxylic acids is 2. The lowest BCUT2D eigenvalue weighted by atomic mass is 10.1. The van der Waals surface area contributed by atoms with Crippen molar-refractivity contribution < 1.29 is 37.4 Å². The molecule has 166 valence electrons. The molecular formula is C24H19F3O5. The Morgan fingerprint density at radius 1 is 0.719 bits per heavy atom. The molecule has 0 bridgehead atoms. The largest absolute Gasteiger partial charge is 0.478 e. The zero-order chi connectivity index (χ0) is 24.0. The van der Waals surface area contributed by atoms with Gasteiger partial charge in [-0.1, -0.05) is 23.8 Å². The molecule has 3 aromatic rings. The number of ether oxygens (including phenoxy) is 1. The Balaban J connectivity index is 0.000000278. The standard InChI is InChI=1S/C16H12F2O3.C8H7FO2/c1-9-4-6-12(17)8-13(9)16(20)21-15(19)11-5-3-10(2)14(18)7-11;1-5-2-3-7(9)6(4-5)8(10)11/h3-8H,1-2H3;2-4H,1H3,(H,10,11). The van der Waals surface area contributed by atoms with Gasteiger partial charge in [-0.25, -0.2) is 27.6 Å². The van der Waals surface area contributed by atoms with Crippen molar-refractivity contribution in [2.75, 3.05) is 0 Å². The highest BCUT2D eigenvalue weighted by Crippen LogP contribution is 2.15. The van der Waals surface area contributed by atoms with E-state index in [1.165, 1.54) is 36.4 Å². The second-order valence-corrected chi connectivity index (χ2v) is 6.89. The molecule has 0 atom stereocenters. The van der Waals surface area contributed by atoms with Crippen LogP contribution >= 0.6 is 0 Å². The number of halogens is 3. The highest BCUT2D eigenvalue weighted by atomic mass is 19.1. The lowest BCUT2D eigenvalue weighted by molar-refractivity contribution is 0.0396. The third kappa shape index (κ3) is 6.28. The Kier molecular flexibility index (Phi) is 7.90. The van der Waals surface area contributed by atoms with Crippen LogP contribution in [0, 0.1) is 38.2 Å². The van der Waals surface area contributed by atoms with Crippen LogP contribution in [0.4, 0.5) is 13.2 Å². The van der Waals surface area contributed by atoms with Crippen LogP contribution in [0.1, 0.15) is 47.8 Å². The first-order valence-corrected chi connectivity index (χ1v) is 9.28. The molecule has 32 heavy (non-hydrogen) atoms. The zero-order valence-corrected chi connectivity index (χ0v) is 17.4. The van der Waals surface area contributed by atoms with Gasteiger partial charge in [0.2, 0.25) is 0 Å². The molecule has 0 radical (unpaired) electrons. The number of carbonyl (C=O) groups is 3. The summed E-state index contributed by atoms with van der Waals surface area (Å²) < 4.78 is 43.8. The number of aromatic carboxylic acids is 1. The van der Waals surface area contributed by atoms with E-state index >= 15 is 0 Å². The molecule has 0 aliphatic heterocycles. The van der Waals surface area contributed by atoms with Gasteiger partial charge in [-0.3, -0.25) is 0 Å². The quantitative estimate of drug-likeness (QED) is 0.432. The molecule has 0 aromatic heterocycles. The number of esters is 2. The van der Waals surface area contributed by atoms with Crippen LogP contribution < -0.4 is 0 Å². The van der Waals surface area contributed by atoms with Gasteiger partial charge in [-0.05, 0) is 68.3 Å². The summed E-state index contributed by atoms with van der Waals surface area (Å²) in [5.41, 5.74) is 1.19. The minimum absolute atomic E-state index is 0.0454. The van der Waals surface area contributed by atoms with E-state index in [-0.39, 0.29) is 16.7 Å². The topological polar surface area (TPSA) is 80.7 Å². The Morgan fingerprint density at radius 2 is 1.38 bits per heavy atom. The smallest absolute Gasteiger partial charge is 0.346 e. The van der Waals surface area contributed by atoms with Gasteiger partial charge < -0.3 is 9.84 Å². The van der Waals surface area contributed by atoms with Gasteiger partial charge in [-0.15, -0.1) is 0 Å². The fourth-order valence-corrected chi connectivity index (χ4v) is 2.54. The maximum absolute atomic E-state index is 13.4. The van der Waals surface area contributed by atoms with Crippen molar-refractivity contribution in [1.82, 2.24) is 0 Å². The molecule has 0 aliphatic carbocycles. The van der Waals surface area contributed by atoms with Gasteiger partial charge in [0.05, 0.1) is 16.7 Å². The fourth-order valence-electron chi connectivity index (χ4n) is 2.54. The van der Waals surface area contributed by atoms with E-state index < -0.39 is 35.4 Å². The Bertz CT molecular complexity index is 1190. The summed E-state index contributed by atoms with van der Waals surface area (Å²) >= 11 is 0. The predicted molar refractivity (Wildman–Crippen MR) is 110 cm³/mol. The Morgan fingerprint density at radius 3 is 1.97 bits per heavy atom. The van der Waals surface area contributed by atoms with Gasteiger partial charge in [0.15, 0.2) is 0 Å². The first-order chi connectivity index (χ1) is 15.0. The van der Waals surface area contributed by atoms with Gasteiger partial charge in [0.25, 0.3) is 0 Å². The molecule has 0 fully saturated rings. The Labute approximate surface area is 182 Å². The number of rotatable bonds is 3. The van der Waals surface area contributed by atoms with Crippen molar-refractivity contribution in [1.29, 1.82) is 0 Å². The maximum Gasteiger partial charge on any atom is 0.346 e. The van der Waals surface area contributed by atoms with Crippen LogP contribution in [0.5, 0.6) is 0 Å². The van der Waals surface area contributed by atoms with E-state index in [1.807, 2.05) is 0 Å². The fraction of sp³-hybridized carbons (Fsp3) is 0.125. The summed E-state index contributed by atoms with van der Waals surface area (Å²) in [6.07, 6.45) is 0. The number of carboxylic acid groups (broad SMARTS) is 1. The molecule has 0 spiro atoms. The van der Waals surface area contributed by atoms with Gasteiger partial charge in [-0.2, -0.15) is 0 Å². The molecule has 0 aliphatic rings. The number of carboxylic acids is 1. The molecule has 8 heteroatoms. The van der Waals surface area contributed by atoms with E-state index in [4.69, 9.17) is 5.11 Å². The monoisotopic (exact) mass is 444 g/mol. The normalized spacial score (nSPS) is 10.1. The van der Waals surface area contributed by atoms with Crippen molar-refractivity contribution in [2.45, 2.75) is 20.8 Å². The molecule has 0 amide bonds. The van der Waals surface area contributed by atoms with E-state index in [0.717, 1.165) is 23.8 Å². The molecule has 3 aromatic carbocycles. The average molecular weight is 444 g/mol. The van der Waals surface area contributed by atoms with E-state index in [1.54, 1.807) is 20.8 Å². The van der Waals surface area contributed by atoms with Gasteiger partial charge >= 0.3 is 17.9 Å². The number of benzene rings is 3. The summed E-state index contributed by atoms with van der Waals surface area (Å²) in [7, 11) is 0. The van der Waals surface area contributed by atoms with Crippen LogP contribution in [-0.2, 0) is 4.74 Å². The second-order valence-electron chi connectivity index (χ2n) is 6.89. The molecule has 3 rings (SSSR count). The summed E-state index contributed by atoms with van der Waals surface area (Å²) in [5.74, 6) is -5.06. The minimum Gasteiger partial charge on any atom is -0.478 e. The molecule has 0 saturated heterocycles. The van der Waals surface area contributed by atoms with Gasteiger partial charge in [0.1, 0.15) is 17.5 Å². The first-order valence-electron chi connectivity index (χ1n) is 9.28. The average Bonchev–Trinajstić information content (AvgIpc) is 2.73. The molecule has 5 nitrogen and oxygen atoms in total.